The molecule has 15 heavy (non-hydrogen) atoms. The van der Waals surface area contributed by atoms with E-state index in [0.717, 1.165) is 12.1 Å². The van der Waals surface area contributed by atoms with Crippen LogP contribution < -0.4 is 5.43 Å². The molecule has 0 aliphatic rings. The molecule has 0 radical (unpaired) electrons. The van der Waals surface area contributed by atoms with Crippen molar-refractivity contribution >= 4 is 33.5 Å². The van der Waals surface area contributed by atoms with Crippen molar-refractivity contribution in [3.05, 3.63) is 43.3 Å². The Bertz CT molecular complexity index is 606. The molecule has 0 aliphatic heterocycles. The van der Waals surface area contributed by atoms with Crippen LogP contribution in [0.3, 0.4) is 0 Å². The molecule has 2 aromatic rings. The van der Waals surface area contributed by atoms with E-state index in [9.17, 15) is 13.6 Å². The lowest BCUT2D eigenvalue weighted by Crippen LogP contribution is -2.11. The fourth-order valence-corrected chi connectivity index (χ4v) is 1.84. The number of halogens is 3. The Balaban J connectivity index is 3.06. The van der Waals surface area contributed by atoms with Crippen molar-refractivity contribution in [3.8, 4) is 0 Å². The van der Waals surface area contributed by atoms with Crippen LogP contribution in [0, 0.1) is 22.1 Å². The highest BCUT2D eigenvalue weighted by molar-refractivity contribution is 14.1. The van der Waals surface area contributed by atoms with E-state index in [4.69, 9.17) is 0 Å². The molecule has 0 bridgehead atoms. The summed E-state index contributed by atoms with van der Waals surface area (Å²) >= 11 is 1.85. The molecular weight excluding hydrogens is 315 g/mol. The molecule has 0 saturated heterocycles. The Morgan fingerprint density at radius 1 is 1.33 bits per heavy atom. The highest BCUT2D eigenvalue weighted by Gasteiger charge is 2.11. The molecule has 0 saturated carbocycles. The van der Waals surface area contributed by atoms with E-state index in [1.807, 2.05) is 22.6 Å². The molecule has 2 nitrogen and oxygen atoms in total. The summed E-state index contributed by atoms with van der Waals surface area (Å²) in [5.74, 6) is -1.49. The number of aromatic amines is 1. The fourth-order valence-electron chi connectivity index (χ4n) is 1.41. The first-order valence-electron chi connectivity index (χ1n) is 4.18. The van der Waals surface area contributed by atoms with Gasteiger partial charge in [-0.3, -0.25) is 4.79 Å². The minimum Gasteiger partial charge on any atom is -0.355 e. The summed E-state index contributed by atoms with van der Waals surface area (Å²) in [7, 11) is 0. The third kappa shape index (κ3) is 1.64. The minimum atomic E-state index is -0.749. The maximum Gasteiger partial charge on any atom is 0.203 e. The van der Waals surface area contributed by atoms with Crippen molar-refractivity contribution in [1.82, 2.24) is 4.98 Å². The van der Waals surface area contributed by atoms with E-state index in [-0.39, 0.29) is 16.3 Å². The number of aromatic nitrogens is 1. The first-order chi connectivity index (χ1) is 7.00. The van der Waals surface area contributed by atoms with E-state index in [2.05, 4.69) is 4.98 Å². The smallest absolute Gasteiger partial charge is 0.203 e. The Labute approximate surface area is 97.5 Å². The van der Waals surface area contributed by atoms with Gasteiger partial charge in [0.15, 0.2) is 0 Å². The summed E-state index contributed by atoms with van der Waals surface area (Å²) < 4.78 is 26.7. The Hall–Kier alpha value is -0.980. The zero-order valence-corrected chi connectivity index (χ0v) is 9.85. The monoisotopic (exact) mass is 321 g/mol. The van der Waals surface area contributed by atoms with Gasteiger partial charge < -0.3 is 4.98 Å². The van der Waals surface area contributed by atoms with Crippen LogP contribution in [0.1, 0.15) is 5.69 Å². The highest BCUT2D eigenvalue weighted by Crippen LogP contribution is 2.17. The van der Waals surface area contributed by atoms with Gasteiger partial charge in [0, 0.05) is 11.8 Å². The molecule has 0 fully saturated rings. The Morgan fingerprint density at radius 2 is 2.00 bits per heavy atom. The molecule has 1 heterocycles. The number of rotatable bonds is 0. The number of fused-ring (bicyclic) bond motifs is 1. The molecule has 5 heteroatoms. The number of hydrogen-bond donors (Lipinski definition) is 1. The largest absolute Gasteiger partial charge is 0.355 e. The second-order valence-corrected chi connectivity index (χ2v) is 4.28. The standard InChI is InChI=1S/C10H6F2INO/c1-4-8(13)10(15)6-2-5(11)3-7(12)9(6)14-4/h2-3H,1H3,(H,14,15). The van der Waals surface area contributed by atoms with Crippen molar-refractivity contribution in [2.45, 2.75) is 6.92 Å². The quantitative estimate of drug-likeness (QED) is 0.744. The van der Waals surface area contributed by atoms with Gasteiger partial charge in [-0.15, -0.1) is 0 Å². The van der Waals surface area contributed by atoms with Crippen LogP contribution in [0.25, 0.3) is 10.9 Å². The van der Waals surface area contributed by atoms with Crippen molar-refractivity contribution < 1.29 is 8.78 Å². The van der Waals surface area contributed by atoms with Gasteiger partial charge in [-0.25, -0.2) is 8.78 Å². The van der Waals surface area contributed by atoms with Gasteiger partial charge in [-0.05, 0) is 35.6 Å². The lowest BCUT2D eigenvalue weighted by atomic mass is 10.2. The van der Waals surface area contributed by atoms with Crippen molar-refractivity contribution in [2.75, 3.05) is 0 Å². The van der Waals surface area contributed by atoms with E-state index >= 15 is 0 Å². The average molecular weight is 321 g/mol. The molecule has 1 aromatic heterocycles. The Kier molecular flexibility index (Phi) is 2.49. The van der Waals surface area contributed by atoms with Crippen LogP contribution in [0.2, 0.25) is 0 Å². The summed E-state index contributed by atoms with van der Waals surface area (Å²) in [4.78, 5) is 14.4. The Morgan fingerprint density at radius 3 is 2.67 bits per heavy atom. The van der Waals surface area contributed by atoms with Gasteiger partial charge in [-0.2, -0.15) is 0 Å². The molecule has 0 unspecified atom stereocenters. The van der Waals surface area contributed by atoms with Gasteiger partial charge in [0.1, 0.15) is 11.6 Å². The molecule has 0 spiro atoms. The number of H-pyrrole nitrogens is 1. The summed E-state index contributed by atoms with van der Waals surface area (Å²) in [5, 5.41) is 0.0440. The molecule has 1 aromatic carbocycles. The third-order valence-corrected chi connectivity index (χ3v) is 3.44. The molecule has 0 atom stereocenters. The fraction of sp³-hybridized carbons (Fsp3) is 0.100. The van der Waals surface area contributed by atoms with Crippen LogP contribution >= 0.6 is 22.6 Å². The molecule has 2 rings (SSSR count). The molecule has 78 valence electrons. The van der Waals surface area contributed by atoms with E-state index in [1.165, 1.54) is 0 Å². The van der Waals surface area contributed by atoms with Crippen molar-refractivity contribution in [1.29, 1.82) is 0 Å². The van der Waals surface area contributed by atoms with Crippen LogP contribution in [0.4, 0.5) is 8.78 Å². The number of aryl methyl sites for hydroxylation is 1. The SMILES string of the molecule is Cc1[nH]c2c(F)cc(F)cc2c(=O)c1I. The predicted molar refractivity (Wildman–Crippen MR) is 61.9 cm³/mol. The number of pyridine rings is 1. The van der Waals surface area contributed by atoms with Crippen LogP contribution in [0.5, 0.6) is 0 Å². The third-order valence-electron chi connectivity index (χ3n) is 2.14. The van der Waals surface area contributed by atoms with E-state index in [1.54, 1.807) is 6.92 Å². The summed E-state index contributed by atoms with van der Waals surface area (Å²) in [6.45, 7) is 1.67. The zero-order valence-electron chi connectivity index (χ0n) is 7.70. The van der Waals surface area contributed by atoms with Crippen LogP contribution in [-0.2, 0) is 0 Å². The highest BCUT2D eigenvalue weighted by atomic mass is 127. The van der Waals surface area contributed by atoms with Gasteiger partial charge in [0.05, 0.1) is 14.5 Å². The first-order valence-corrected chi connectivity index (χ1v) is 5.25. The summed E-state index contributed by atoms with van der Waals surface area (Å²) in [6, 6.07) is 1.80. The summed E-state index contributed by atoms with van der Waals surface area (Å²) in [6.07, 6.45) is 0. The van der Waals surface area contributed by atoms with Gasteiger partial charge >= 0.3 is 0 Å². The lowest BCUT2D eigenvalue weighted by Gasteiger charge is -2.04. The second-order valence-electron chi connectivity index (χ2n) is 3.20. The number of benzene rings is 1. The first kappa shape index (κ1) is 10.5. The van der Waals surface area contributed by atoms with Crippen molar-refractivity contribution in [3.63, 3.8) is 0 Å². The van der Waals surface area contributed by atoms with Gasteiger partial charge in [-0.1, -0.05) is 0 Å². The van der Waals surface area contributed by atoms with Gasteiger partial charge in [0.2, 0.25) is 5.43 Å². The van der Waals surface area contributed by atoms with Crippen LogP contribution in [-0.4, -0.2) is 4.98 Å². The molecule has 0 amide bonds. The minimum absolute atomic E-state index is 0.0440. The zero-order chi connectivity index (χ0) is 11.2. The van der Waals surface area contributed by atoms with E-state index < -0.39 is 11.6 Å². The molecule has 0 aliphatic carbocycles. The molecule has 1 N–H and O–H groups in total. The second kappa shape index (κ2) is 3.55. The lowest BCUT2D eigenvalue weighted by molar-refractivity contribution is 0.590. The van der Waals surface area contributed by atoms with E-state index in [0.29, 0.717) is 9.26 Å². The van der Waals surface area contributed by atoms with Gasteiger partial charge in [0.25, 0.3) is 0 Å². The maximum absolute atomic E-state index is 13.3. The van der Waals surface area contributed by atoms with Crippen LogP contribution in [0.15, 0.2) is 16.9 Å². The summed E-state index contributed by atoms with van der Waals surface area (Å²) in [5.41, 5.74) is 0.290. The average Bonchev–Trinajstić information content (AvgIpc) is 2.17. The number of hydrogen-bond acceptors (Lipinski definition) is 1. The molecular formula is C10H6F2INO. The van der Waals surface area contributed by atoms with Crippen molar-refractivity contribution in [2.24, 2.45) is 0 Å². The maximum atomic E-state index is 13.3. The predicted octanol–water partition coefficient (Wildman–Crippen LogP) is 2.72. The normalized spacial score (nSPS) is 10.9. The number of nitrogens with one attached hydrogen (secondary N) is 1. The topological polar surface area (TPSA) is 32.9 Å².